The molecule has 31 heavy (non-hydrogen) atoms. The third-order valence-electron chi connectivity index (χ3n) is 4.87. The second kappa shape index (κ2) is 9.62. The van der Waals surface area contributed by atoms with Crippen LogP contribution in [-0.2, 0) is 13.0 Å². The summed E-state index contributed by atoms with van der Waals surface area (Å²) in [5, 5.41) is 1.20. The number of carbonyl (C=O) groups is 1. The van der Waals surface area contributed by atoms with Crippen molar-refractivity contribution in [3.63, 3.8) is 0 Å². The van der Waals surface area contributed by atoms with E-state index in [4.69, 9.17) is 4.98 Å². The van der Waals surface area contributed by atoms with E-state index < -0.39 is 0 Å². The van der Waals surface area contributed by atoms with Crippen LogP contribution >= 0.6 is 23.1 Å². The zero-order chi connectivity index (χ0) is 21.8. The summed E-state index contributed by atoms with van der Waals surface area (Å²) in [6.07, 6.45) is 2.66. The first-order valence-corrected chi connectivity index (χ1v) is 12.1. The fourth-order valence-corrected chi connectivity index (χ4v) is 5.23. The van der Waals surface area contributed by atoms with Crippen LogP contribution in [-0.4, -0.2) is 21.1 Å². The van der Waals surface area contributed by atoms with Crippen LogP contribution in [0.1, 0.15) is 42.4 Å². The van der Waals surface area contributed by atoms with Crippen LogP contribution in [0.2, 0.25) is 0 Å². The number of aromatic nitrogens is 2. The molecule has 0 saturated carbocycles. The number of aryl methyl sites for hydroxylation is 1. The molecule has 0 unspecified atom stereocenters. The quantitative estimate of drug-likeness (QED) is 0.299. The van der Waals surface area contributed by atoms with Crippen molar-refractivity contribution in [2.45, 2.75) is 43.9 Å². The summed E-state index contributed by atoms with van der Waals surface area (Å²) >= 11 is 3.34. The van der Waals surface area contributed by atoms with Crippen LogP contribution in [0.25, 0.3) is 10.2 Å². The fourth-order valence-electron chi connectivity index (χ4n) is 3.38. The molecule has 0 spiro atoms. The van der Waals surface area contributed by atoms with Crippen molar-refractivity contribution in [3.05, 3.63) is 83.7 Å². The summed E-state index contributed by atoms with van der Waals surface area (Å²) in [6.45, 7) is 6.83. The maximum atomic E-state index is 13.6. The molecule has 2 aromatic carbocycles. The number of amides is 1. The highest BCUT2D eigenvalue weighted by Crippen LogP contribution is 2.33. The number of anilines is 1. The normalized spacial score (nSPS) is 11.2. The van der Waals surface area contributed by atoms with E-state index in [-0.39, 0.29) is 5.91 Å². The van der Waals surface area contributed by atoms with Crippen molar-refractivity contribution in [1.29, 1.82) is 0 Å². The van der Waals surface area contributed by atoms with Gasteiger partial charge in [-0.25, -0.2) is 4.98 Å². The van der Waals surface area contributed by atoms with Gasteiger partial charge in [0, 0.05) is 21.9 Å². The molecule has 0 radical (unpaired) electrons. The van der Waals surface area contributed by atoms with Gasteiger partial charge in [-0.15, -0.1) is 11.8 Å². The predicted octanol–water partition coefficient (Wildman–Crippen LogP) is 6.60. The van der Waals surface area contributed by atoms with Gasteiger partial charge in [0.1, 0.15) is 0 Å². The van der Waals surface area contributed by atoms with Gasteiger partial charge in [0.25, 0.3) is 5.91 Å². The Morgan fingerprint density at radius 2 is 1.87 bits per heavy atom. The largest absolute Gasteiger partial charge is 0.278 e. The van der Waals surface area contributed by atoms with E-state index in [1.165, 1.54) is 5.56 Å². The van der Waals surface area contributed by atoms with Crippen molar-refractivity contribution >= 4 is 44.4 Å². The molecule has 0 aliphatic heterocycles. The first kappa shape index (κ1) is 21.5. The lowest BCUT2D eigenvalue weighted by atomic mass is 10.1. The molecule has 0 N–H and O–H groups in total. The van der Waals surface area contributed by atoms with E-state index >= 15 is 0 Å². The van der Waals surface area contributed by atoms with Crippen molar-refractivity contribution in [3.8, 4) is 0 Å². The van der Waals surface area contributed by atoms with Gasteiger partial charge in [-0.3, -0.25) is 14.7 Å². The second-order valence-corrected chi connectivity index (χ2v) is 10.2. The topological polar surface area (TPSA) is 46.1 Å². The smallest absolute Gasteiger partial charge is 0.260 e. The van der Waals surface area contributed by atoms with E-state index in [1.807, 2.05) is 42.5 Å². The Labute approximate surface area is 191 Å². The van der Waals surface area contributed by atoms with E-state index in [9.17, 15) is 4.79 Å². The Bertz CT molecular complexity index is 1170. The third-order valence-corrected chi connectivity index (χ3v) is 6.93. The highest BCUT2D eigenvalue weighted by Gasteiger charge is 2.23. The molecule has 4 nitrogen and oxygen atoms in total. The molecule has 0 bridgehead atoms. The molecule has 0 fully saturated rings. The average Bonchev–Trinajstić information content (AvgIpc) is 3.22. The highest BCUT2D eigenvalue weighted by atomic mass is 32.2. The van der Waals surface area contributed by atoms with Crippen molar-refractivity contribution < 1.29 is 4.79 Å². The van der Waals surface area contributed by atoms with Gasteiger partial charge in [-0.2, -0.15) is 0 Å². The molecule has 6 heteroatoms. The van der Waals surface area contributed by atoms with Gasteiger partial charge in [-0.1, -0.05) is 50.3 Å². The van der Waals surface area contributed by atoms with Crippen molar-refractivity contribution in [1.82, 2.24) is 9.97 Å². The SMILES string of the molecule is CCc1cccc2sc(N(Cc3ccccn3)C(=O)c3ccc(SC(C)C)cc3)nc12. The molecule has 4 aromatic rings. The van der Waals surface area contributed by atoms with Crippen LogP contribution in [0.5, 0.6) is 0 Å². The van der Waals surface area contributed by atoms with Gasteiger partial charge in [0.2, 0.25) is 0 Å². The first-order valence-electron chi connectivity index (χ1n) is 10.4. The lowest BCUT2D eigenvalue weighted by Crippen LogP contribution is -2.30. The van der Waals surface area contributed by atoms with Crippen LogP contribution in [0.4, 0.5) is 5.13 Å². The minimum atomic E-state index is -0.0659. The van der Waals surface area contributed by atoms with Crippen LogP contribution in [0.3, 0.4) is 0 Å². The standard InChI is InChI=1S/C25H25N3OS2/c1-4-18-8-7-10-22-23(18)27-25(31-22)28(16-20-9-5-6-15-26-20)24(29)19-11-13-21(14-12-19)30-17(2)3/h5-15,17H,4,16H2,1-3H3. The summed E-state index contributed by atoms with van der Waals surface area (Å²) in [7, 11) is 0. The number of pyridine rings is 1. The number of nitrogens with zero attached hydrogens (tertiary/aromatic N) is 3. The second-order valence-electron chi connectivity index (χ2n) is 7.52. The summed E-state index contributed by atoms with van der Waals surface area (Å²) in [5.41, 5.74) is 3.66. The zero-order valence-electron chi connectivity index (χ0n) is 17.9. The Kier molecular flexibility index (Phi) is 6.68. The summed E-state index contributed by atoms with van der Waals surface area (Å²) in [6, 6.07) is 19.8. The number of hydrogen-bond donors (Lipinski definition) is 0. The van der Waals surface area contributed by atoms with Crippen LogP contribution < -0.4 is 4.90 Å². The molecule has 0 aliphatic carbocycles. The minimum absolute atomic E-state index is 0.0659. The van der Waals surface area contributed by atoms with Gasteiger partial charge < -0.3 is 0 Å². The highest BCUT2D eigenvalue weighted by molar-refractivity contribution is 7.99. The van der Waals surface area contributed by atoms with Crippen LogP contribution in [0, 0.1) is 0 Å². The molecule has 1 amide bonds. The van der Waals surface area contributed by atoms with Gasteiger partial charge >= 0.3 is 0 Å². The first-order chi connectivity index (χ1) is 15.0. The molecule has 0 aliphatic rings. The summed E-state index contributed by atoms with van der Waals surface area (Å²) in [4.78, 5) is 25.8. The average molecular weight is 448 g/mol. The third kappa shape index (κ3) is 4.97. The fraction of sp³-hybridized carbons (Fsp3) is 0.240. The maximum absolute atomic E-state index is 13.6. The number of carbonyl (C=O) groups excluding carboxylic acids is 1. The molecule has 2 aromatic heterocycles. The molecule has 158 valence electrons. The van der Waals surface area contributed by atoms with E-state index in [2.05, 4.69) is 44.0 Å². The molecule has 2 heterocycles. The number of hydrogen-bond acceptors (Lipinski definition) is 5. The predicted molar refractivity (Wildman–Crippen MR) is 131 cm³/mol. The van der Waals surface area contributed by atoms with Gasteiger partial charge in [-0.05, 0) is 54.4 Å². The molecule has 4 rings (SSSR count). The molecular weight excluding hydrogens is 422 g/mol. The number of para-hydroxylation sites is 1. The zero-order valence-corrected chi connectivity index (χ0v) is 19.5. The number of benzene rings is 2. The van der Waals surface area contributed by atoms with E-state index in [0.717, 1.165) is 27.2 Å². The Morgan fingerprint density at radius 3 is 2.55 bits per heavy atom. The maximum Gasteiger partial charge on any atom is 0.260 e. The number of thioether (sulfide) groups is 1. The van der Waals surface area contributed by atoms with E-state index in [1.54, 1.807) is 34.2 Å². The minimum Gasteiger partial charge on any atom is -0.278 e. The van der Waals surface area contributed by atoms with Crippen molar-refractivity contribution in [2.24, 2.45) is 0 Å². The van der Waals surface area contributed by atoms with Gasteiger partial charge in [0.05, 0.1) is 22.5 Å². The number of fused-ring (bicyclic) bond motifs is 1. The summed E-state index contributed by atoms with van der Waals surface area (Å²) in [5.74, 6) is -0.0659. The number of rotatable bonds is 7. The van der Waals surface area contributed by atoms with E-state index in [0.29, 0.717) is 22.5 Å². The monoisotopic (exact) mass is 447 g/mol. The molecule has 0 saturated heterocycles. The van der Waals surface area contributed by atoms with Gasteiger partial charge in [0.15, 0.2) is 5.13 Å². The Hall–Kier alpha value is -2.70. The molecular formula is C25H25N3OS2. The Balaban J connectivity index is 1.71. The summed E-state index contributed by atoms with van der Waals surface area (Å²) < 4.78 is 1.09. The molecule has 0 atom stereocenters. The van der Waals surface area contributed by atoms with Crippen molar-refractivity contribution in [2.75, 3.05) is 4.90 Å². The lowest BCUT2D eigenvalue weighted by Gasteiger charge is -2.20. The van der Waals surface area contributed by atoms with Crippen LogP contribution in [0.15, 0.2) is 71.8 Å². The Morgan fingerprint density at radius 1 is 1.06 bits per heavy atom. The number of thiazole rings is 1. The lowest BCUT2D eigenvalue weighted by molar-refractivity contribution is 0.0984.